The number of hydrogen-bond donors (Lipinski definition) is 9. The summed E-state index contributed by atoms with van der Waals surface area (Å²) in [5, 5.41) is 89.9. The molecule has 2 aliphatic rings. The van der Waals surface area contributed by atoms with Crippen molar-refractivity contribution < 1.29 is 69.4 Å². The minimum absolute atomic E-state index is 0.300. The van der Waals surface area contributed by atoms with Crippen molar-refractivity contribution in [2.24, 2.45) is 5.11 Å². The molecule has 5 aromatic rings. The van der Waals surface area contributed by atoms with Gasteiger partial charge in [0.25, 0.3) is 0 Å². The van der Waals surface area contributed by atoms with E-state index in [0.717, 1.165) is 16.7 Å². The fraction of sp³-hybridized carbons (Fsp3) is 0.348. The van der Waals surface area contributed by atoms with Gasteiger partial charge in [0.1, 0.15) is 83.9 Å². The molecular weight excluding hydrogens is 861 g/mol. The van der Waals surface area contributed by atoms with Crippen molar-refractivity contribution in [1.29, 1.82) is 5.53 Å². The predicted molar refractivity (Wildman–Crippen MR) is 231 cm³/mol. The summed E-state index contributed by atoms with van der Waals surface area (Å²) < 4.78 is 22.0. The molecule has 0 radical (unpaired) electrons. The summed E-state index contributed by atoms with van der Waals surface area (Å²) in [4.78, 5) is 25.7. The molecule has 2 fully saturated rings. The molecule has 9 N–H and O–H groups in total. The first-order valence-corrected chi connectivity index (χ1v) is 20.3. The smallest absolute Gasteiger partial charge is 0.337 e. The van der Waals surface area contributed by atoms with Crippen LogP contribution in [0.2, 0.25) is 0 Å². The van der Waals surface area contributed by atoms with Crippen LogP contribution in [0.25, 0.3) is 11.3 Å². The highest BCUT2D eigenvalue weighted by molar-refractivity contribution is 5.89. The average molecular weight is 912 g/mol. The van der Waals surface area contributed by atoms with E-state index in [9.17, 15) is 45.3 Å². The number of rotatable bonds is 11. The third-order valence-corrected chi connectivity index (χ3v) is 10.6. The van der Waals surface area contributed by atoms with Gasteiger partial charge in [0.05, 0.1) is 51.3 Å². The van der Waals surface area contributed by atoms with Gasteiger partial charge in [-0.15, -0.1) is 11.5 Å². The number of terminal acetylenes is 1. The summed E-state index contributed by atoms with van der Waals surface area (Å²) in [7, 11) is 2.67. The number of nitrogens with one attached hydrogen (secondary N) is 1. The maximum atomic E-state index is 11.7. The van der Waals surface area contributed by atoms with Crippen LogP contribution < -0.4 is 4.91 Å². The molecule has 0 spiro atoms. The lowest BCUT2D eigenvalue weighted by molar-refractivity contribution is -0.231. The molecule has 0 bridgehead atoms. The molecule has 0 amide bonds. The largest absolute Gasteiger partial charge is 0.465 e. The molecule has 10 atom stereocenters. The topological polar surface area (TPSA) is 314 Å². The molecule has 7 rings (SSSR count). The van der Waals surface area contributed by atoms with Gasteiger partial charge in [-0.25, -0.2) is 14.3 Å². The number of nitrogens with zero attached hydrogens (tertiary/aromatic N) is 5. The van der Waals surface area contributed by atoms with Crippen molar-refractivity contribution in [2.45, 2.75) is 74.1 Å². The van der Waals surface area contributed by atoms with Gasteiger partial charge in [-0.05, 0) is 58.7 Å². The summed E-state index contributed by atoms with van der Waals surface area (Å²) in [6.07, 6.45) is -4.72. The monoisotopic (exact) mass is 911 g/mol. The van der Waals surface area contributed by atoms with E-state index in [-0.39, 0.29) is 5.97 Å². The first-order chi connectivity index (χ1) is 31.8. The zero-order chi connectivity index (χ0) is 47.9. The van der Waals surface area contributed by atoms with E-state index in [0.29, 0.717) is 46.6 Å². The number of hydrogen-bond acceptors (Lipinski definition) is 18. The van der Waals surface area contributed by atoms with Crippen LogP contribution in [0, 0.1) is 17.9 Å². The summed E-state index contributed by atoms with van der Waals surface area (Å²) in [5.41, 5.74) is 12.4. The van der Waals surface area contributed by atoms with Crippen LogP contribution in [0.5, 0.6) is 0 Å². The summed E-state index contributed by atoms with van der Waals surface area (Å²) in [6, 6.07) is 27.7. The number of esters is 2. The number of methoxy groups -OCH3 is 2. The molecule has 0 aliphatic carbocycles. The molecule has 0 unspecified atom stereocenters. The lowest BCUT2D eigenvalue weighted by Gasteiger charge is -2.40. The lowest BCUT2D eigenvalue weighted by Crippen LogP contribution is -2.55. The molecular formula is C46H51N6O14+. The van der Waals surface area contributed by atoms with E-state index >= 15 is 0 Å². The van der Waals surface area contributed by atoms with E-state index in [1.165, 1.54) is 14.2 Å². The third-order valence-electron chi connectivity index (χ3n) is 10.6. The van der Waals surface area contributed by atoms with E-state index in [1.54, 1.807) is 102 Å². The fourth-order valence-corrected chi connectivity index (χ4v) is 7.01. The van der Waals surface area contributed by atoms with Crippen LogP contribution in [0.4, 0.5) is 0 Å². The zero-order valence-corrected chi connectivity index (χ0v) is 35.8. The van der Waals surface area contributed by atoms with Crippen LogP contribution in [0.1, 0.15) is 60.7 Å². The molecule has 2 aliphatic heterocycles. The Kier molecular flexibility index (Phi) is 18.4. The molecule has 3 heterocycles. The Morgan fingerprint density at radius 2 is 1.21 bits per heavy atom. The second kappa shape index (κ2) is 24.1. The normalized spacial score (nSPS) is 24.4. The molecule has 66 heavy (non-hydrogen) atoms. The first kappa shape index (κ1) is 50.4. The molecule has 20 nitrogen and oxygen atoms in total. The van der Waals surface area contributed by atoms with Crippen LogP contribution in [0.15, 0.2) is 108 Å². The Hall–Kier alpha value is -6.57. The maximum absolute atomic E-state index is 11.7. The van der Waals surface area contributed by atoms with Crippen molar-refractivity contribution in [3.05, 3.63) is 142 Å². The highest BCUT2D eigenvalue weighted by atomic mass is 16.6. The van der Waals surface area contributed by atoms with Gasteiger partial charge >= 0.3 is 11.9 Å². The SMILES string of the molecule is C#Cc1ccc([C@H]2O[C@H](CO)[C@@H](O)[C@H](O)[C@@H]2O)cc1.COC(=O)c1cccc(CN=[N+]=N)c1.COC(=O)c1cccc(Cn2cc(-c3ccc([C@H]4O[C@H](CO)[C@@H](O)[C@H](O)[C@@H]4O)cc3)nn2)c1. The van der Waals surface area contributed by atoms with Crippen molar-refractivity contribution in [3.8, 4) is 23.6 Å². The lowest BCUT2D eigenvalue weighted by atomic mass is 9.91. The maximum Gasteiger partial charge on any atom is 0.337 e. The van der Waals surface area contributed by atoms with Gasteiger partial charge in [-0.3, -0.25) is 0 Å². The number of aromatic nitrogens is 3. The highest BCUT2D eigenvalue weighted by Gasteiger charge is 2.45. The second-order valence-corrected chi connectivity index (χ2v) is 15.0. The van der Waals surface area contributed by atoms with Crippen LogP contribution in [0.3, 0.4) is 0 Å². The van der Waals surface area contributed by atoms with Gasteiger partial charge in [0.2, 0.25) is 4.91 Å². The molecule has 1 aromatic heterocycles. The van der Waals surface area contributed by atoms with Crippen molar-refractivity contribution in [1.82, 2.24) is 19.9 Å². The van der Waals surface area contributed by atoms with Crippen LogP contribution >= 0.6 is 0 Å². The number of carbonyl (C=O) groups excluding carboxylic acids is 2. The summed E-state index contributed by atoms with van der Waals surface area (Å²) >= 11 is 0. The minimum atomic E-state index is -1.43. The van der Waals surface area contributed by atoms with E-state index < -0.39 is 80.2 Å². The molecule has 20 heteroatoms. The van der Waals surface area contributed by atoms with Gasteiger partial charge in [0, 0.05) is 11.1 Å². The average Bonchev–Trinajstić information content (AvgIpc) is 3.83. The Morgan fingerprint density at radius 1 is 0.727 bits per heavy atom. The summed E-state index contributed by atoms with van der Waals surface area (Å²) in [5.74, 6) is 1.68. The number of carbonyl (C=O) groups is 2. The number of benzene rings is 4. The van der Waals surface area contributed by atoms with Crippen molar-refractivity contribution in [3.63, 3.8) is 0 Å². The van der Waals surface area contributed by atoms with Gasteiger partial charge in [0.15, 0.2) is 0 Å². The van der Waals surface area contributed by atoms with Crippen molar-refractivity contribution in [2.75, 3.05) is 27.4 Å². The molecule has 348 valence electrons. The molecule has 0 saturated carbocycles. The number of ether oxygens (including phenoxy) is 4. The summed E-state index contributed by atoms with van der Waals surface area (Å²) in [6.45, 7) is -0.204. The van der Waals surface area contributed by atoms with Crippen LogP contribution in [-0.4, -0.2) is 144 Å². The van der Waals surface area contributed by atoms with E-state index in [4.69, 9.17) is 31.3 Å². The highest BCUT2D eigenvalue weighted by Crippen LogP contribution is 2.34. The van der Waals surface area contributed by atoms with E-state index in [1.807, 2.05) is 6.07 Å². The Bertz CT molecular complexity index is 2450. The number of aliphatic hydroxyl groups is 8. The fourth-order valence-electron chi connectivity index (χ4n) is 7.01. The van der Waals surface area contributed by atoms with Gasteiger partial charge in [-0.1, -0.05) is 71.8 Å². The Balaban J connectivity index is 0.000000208. The van der Waals surface area contributed by atoms with Gasteiger partial charge < -0.3 is 59.8 Å². The second-order valence-electron chi connectivity index (χ2n) is 15.0. The van der Waals surface area contributed by atoms with Crippen molar-refractivity contribution >= 4 is 11.9 Å². The Labute approximate surface area is 378 Å². The minimum Gasteiger partial charge on any atom is -0.465 e. The van der Waals surface area contributed by atoms with Crippen LogP contribution in [-0.2, 0) is 32.0 Å². The standard InChI is InChI=1S/C23H25N3O7.C14H16O5.C9H10N3O2/c1-32-23(31)16-4-2-3-13(9-16)10-26-11-17(24-25-26)14-5-7-15(8-6-14)22-21(30)20(29)19(28)18(12-27)33-22;1-2-8-3-5-9(6-4-8)14-13(18)12(17)11(16)10(7-15)19-14;1-14-9(13)8-4-2-3-7(5-8)6-11-12-10/h2-9,11,18-22,27-30H,10,12H2,1H3;1,3-6,10-18H,7H2;2-5,10H,6H2,1H3/q;;+1/t18-,19-,20+,21+,22-;10-,11-,12+,13+,14-;/m11./s1. The third kappa shape index (κ3) is 12.6. The van der Waals surface area contributed by atoms with Gasteiger partial charge in [-0.2, -0.15) is 0 Å². The molecule has 2 saturated heterocycles. The van der Waals surface area contributed by atoms with E-state index in [2.05, 4.69) is 31.0 Å². The first-order valence-electron chi connectivity index (χ1n) is 20.3. The predicted octanol–water partition coefficient (Wildman–Crippen LogP) is 1.00. The zero-order valence-electron chi connectivity index (χ0n) is 35.8. The molecule has 4 aromatic carbocycles. The number of aliphatic hydroxyl groups excluding tert-OH is 8. The quantitative estimate of drug-likeness (QED) is 0.0386. The Morgan fingerprint density at radius 3 is 1.68 bits per heavy atom.